The van der Waals surface area contributed by atoms with Gasteiger partial charge < -0.3 is 10.2 Å². The fourth-order valence-corrected chi connectivity index (χ4v) is 2.49. The number of rotatable bonds is 3. The normalized spacial score (nSPS) is 17.5. The zero-order valence-electron chi connectivity index (χ0n) is 11.6. The minimum atomic E-state index is -2.70. The second kappa shape index (κ2) is 5.36. The Morgan fingerprint density at radius 3 is 2.73 bits per heavy atom. The lowest BCUT2D eigenvalue weighted by Crippen LogP contribution is -2.42. The molecule has 0 aromatic carbocycles. The number of nitrogens with zero attached hydrogens (tertiary/aromatic N) is 3. The van der Waals surface area contributed by atoms with Gasteiger partial charge in [0.15, 0.2) is 0 Å². The maximum absolute atomic E-state index is 13.1. The first-order valence-electron chi connectivity index (χ1n) is 6.85. The van der Waals surface area contributed by atoms with Gasteiger partial charge >= 0.3 is 0 Å². The van der Waals surface area contributed by atoms with Crippen LogP contribution in [0.4, 0.5) is 14.6 Å². The van der Waals surface area contributed by atoms with E-state index in [1.54, 1.807) is 22.6 Å². The number of carbonyl (C=O) groups excluding carboxylic acids is 2. The first kappa shape index (κ1) is 14.4. The van der Waals surface area contributed by atoms with E-state index in [-0.39, 0.29) is 37.5 Å². The van der Waals surface area contributed by atoms with Crippen LogP contribution in [-0.2, 0) is 4.79 Å². The number of alkyl halides is 2. The van der Waals surface area contributed by atoms with E-state index in [4.69, 9.17) is 0 Å². The number of anilines is 1. The van der Waals surface area contributed by atoms with E-state index in [0.717, 1.165) is 0 Å². The monoisotopic (exact) mass is 308 g/mol. The lowest BCUT2D eigenvalue weighted by atomic mass is 10.1. The number of piperidine rings is 1. The summed E-state index contributed by atoms with van der Waals surface area (Å²) in [6, 6.07) is 5.06. The average Bonchev–Trinajstić information content (AvgIpc) is 2.92. The van der Waals surface area contributed by atoms with E-state index in [9.17, 15) is 18.4 Å². The molecule has 0 radical (unpaired) electrons. The number of carbonyl (C=O) groups is 2. The lowest BCUT2D eigenvalue weighted by Gasteiger charge is -2.31. The van der Waals surface area contributed by atoms with E-state index in [1.807, 2.05) is 0 Å². The van der Waals surface area contributed by atoms with E-state index in [1.165, 1.54) is 11.1 Å². The lowest BCUT2D eigenvalue weighted by molar-refractivity contribution is -0.105. The smallest absolute Gasteiger partial charge is 0.274 e. The van der Waals surface area contributed by atoms with Crippen molar-refractivity contribution < 1.29 is 18.4 Å². The Balaban J connectivity index is 1.86. The third kappa shape index (κ3) is 2.63. The van der Waals surface area contributed by atoms with Crippen LogP contribution < -0.4 is 5.32 Å². The number of halogens is 2. The molecule has 0 saturated carbocycles. The van der Waals surface area contributed by atoms with Gasteiger partial charge in [0.05, 0.1) is 0 Å². The topological polar surface area (TPSA) is 66.7 Å². The molecule has 2 amide bonds. The summed E-state index contributed by atoms with van der Waals surface area (Å²) in [5.74, 6) is -2.60. The predicted molar refractivity (Wildman–Crippen MR) is 75.0 cm³/mol. The number of hydrogen-bond acceptors (Lipinski definition) is 3. The largest absolute Gasteiger partial charge is 0.337 e. The second-order valence-electron chi connectivity index (χ2n) is 5.18. The molecule has 1 saturated heterocycles. The quantitative estimate of drug-likeness (QED) is 0.879. The Morgan fingerprint density at radius 1 is 1.32 bits per heavy atom. The van der Waals surface area contributed by atoms with Crippen molar-refractivity contribution in [1.82, 2.24) is 14.3 Å². The molecule has 2 aromatic heterocycles. The highest BCUT2D eigenvalue weighted by Crippen LogP contribution is 2.28. The number of aromatic nitrogens is 2. The van der Waals surface area contributed by atoms with Gasteiger partial charge in [-0.25, -0.2) is 13.8 Å². The molecule has 8 heteroatoms. The van der Waals surface area contributed by atoms with Gasteiger partial charge in [-0.15, -0.1) is 0 Å². The summed E-state index contributed by atoms with van der Waals surface area (Å²) in [4.78, 5) is 28.5. The van der Waals surface area contributed by atoms with Crippen molar-refractivity contribution in [1.29, 1.82) is 0 Å². The third-order valence-electron chi connectivity index (χ3n) is 3.70. The predicted octanol–water partition coefficient (Wildman–Crippen LogP) is 1.77. The maximum atomic E-state index is 13.1. The number of nitrogens with one attached hydrogen (secondary N) is 1. The van der Waals surface area contributed by atoms with E-state index < -0.39 is 5.92 Å². The summed E-state index contributed by atoms with van der Waals surface area (Å²) in [5, 5.41) is 2.51. The molecule has 1 fully saturated rings. The summed E-state index contributed by atoms with van der Waals surface area (Å²) in [5.41, 5.74) is 0.669. The van der Waals surface area contributed by atoms with Gasteiger partial charge in [0.1, 0.15) is 17.2 Å². The molecule has 0 atom stereocenters. The fraction of sp³-hybridized carbons (Fsp3) is 0.357. The molecule has 1 N–H and O–H groups in total. The molecule has 1 aliphatic heterocycles. The Hall–Kier alpha value is -2.51. The van der Waals surface area contributed by atoms with Crippen LogP contribution in [0.2, 0.25) is 0 Å². The highest BCUT2D eigenvalue weighted by atomic mass is 19.3. The van der Waals surface area contributed by atoms with Gasteiger partial charge in [-0.1, -0.05) is 6.07 Å². The number of hydrogen-bond donors (Lipinski definition) is 1. The number of fused-ring (bicyclic) bond motifs is 1. The van der Waals surface area contributed by atoms with E-state index in [0.29, 0.717) is 17.9 Å². The van der Waals surface area contributed by atoms with Crippen molar-refractivity contribution in [2.24, 2.45) is 0 Å². The summed E-state index contributed by atoms with van der Waals surface area (Å²) >= 11 is 0. The second-order valence-corrected chi connectivity index (χ2v) is 5.18. The minimum absolute atomic E-state index is 0.0130. The van der Waals surface area contributed by atoms with Gasteiger partial charge in [0, 0.05) is 32.1 Å². The first-order valence-corrected chi connectivity index (χ1v) is 6.85. The molecule has 22 heavy (non-hydrogen) atoms. The van der Waals surface area contributed by atoms with Crippen LogP contribution in [0.3, 0.4) is 0 Å². The van der Waals surface area contributed by atoms with Gasteiger partial charge in [0.25, 0.3) is 11.8 Å². The van der Waals surface area contributed by atoms with E-state index >= 15 is 0 Å². The van der Waals surface area contributed by atoms with Gasteiger partial charge in [-0.05, 0) is 12.1 Å². The Bertz CT molecular complexity index is 719. The highest BCUT2D eigenvalue weighted by molar-refractivity contribution is 5.93. The minimum Gasteiger partial charge on any atom is -0.337 e. The molecule has 3 rings (SSSR count). The van der Waals surface area contributed by atoms with Crippen LogP contribution >= 0.6 is 0 Å². The summed E-state index contributed by atoms with van der Waals surface area (Å²) in [6.07, 6.45) is 1.37. The van der Waals surface area contributed by atoms with Crippen LogP contribution in [0.1, 0.15) is 23.3 Å². The molecule has 6 nitrogen and oxygen atoms in total. The SMILES string of the molecule is O=CNc1cccc2nc(C(=O)N3CCC(F)(F)CC3)cn12. The van der Waals surface area contributed by atoms with Crippen LogP contribution in [0, 0.1) is 0 Å². The first-order chi connectivity index (χ1) is 10.5. The number of pyridine rings is 1. The summed E-state index contributed by atoms with van der Waals surface area (Å²) in [7, 11) is 0. The van der Waals surface area contributed by atoms with Crippen molar-refractivity contribution in [2.45, 2.75) is 18.8 Å². The molecule has 0 aliphatic carbocycles. The Labute approximate surface area is 124 Å². The molecule has 1 aliphatic rings. The number of amides is 2. The molecular formula is C14H14F2N4O2. The van der Waals surface area contributed by atoms with Gasteiger partial charge in [0.2, 0.25) is 6.41 Å². The van der Waals surface area contributed by atoms with Crippen molar-refractivity contribution in [3.8, 4) is 0 Å². The van der Waals surface area contributed by atoms with Crippen molar-refractivity contribution >= 4 is 23.8 Å². The van der Waals surface area contributed by atoms with E-state index in [2.05, 4.69) is 10.3 Å². The zero-order valence-corrected chi connectivity index (χ0v) is 11.6. The van der Waals surface area contributed by atoms with Crippen LogP contribution in [-0.4, -0.2) is 45.6 Å². The highest BCUT2D eigenvalue weighted by Gasteiger charge is 2.36. The molecule has 3 heterocycles. The van der Waals surface area contributed by atoms with Crippen LogP contribution in [0.15, 0.2) is 24.4 Å². The summed E-state index contributed by atoms with van der Waals surface area (Å²) < 4.78 is 27.9. The van der Waals surface area contributed by atoms with Crippen LogP contribution in [0.25, 0.3) is 5.65 Å². The molecule has 116 valence electrons. The summed E-state index contributed by atoms with van der Waals surface area (Å²) in [6.45, 7) is 0.0261. The molecule has 0 spiro atoms. The molecule has 2 aromatic rings. The number of imidazole rings is 1. The van der Waals surface area contributed by atoms with Gasteiger partial charge in [-0.2, -0.15) is 0 Å². The van der Waals surface area contributed by atoms with Crippen LogP contribution in [0.5, 0.6) is 0 Å². The van der Waals surface area contributed by atoms with Crippen molar-refractivity contribution in [3.05, 3.63) is 30.1 Å². The van der Waals surface area contributed by atoms with Gasteiger partial charge in [-0.3, -0.25) is 14.0 Å². The third-order valence-corrected chi connectivity index (χ3v) is 3.70. The Morgan fingerprint density at radius 2 is 2.05 bits per heavy atom. The zero-order chi connectivity index (χ0) is 15.7. The standard InChI is InChI=1S/C14H14F2N4O2/c15-14(16)4-6-19(7-5-14)13(22)10-8-20-11(17-9-21)2-1-3-12(20)18-10/h1-3,8-9H,4-7H2,(H,17,21). The van der Waals surface area contributed by atoms with Crippen molar-refractivity contribution in [3.63, 3.8) is 0 Å². The Kier molecular flexibility index (Phi) is 3.51. The average molecular weight is 308 g/mol. The molecular weight excluding hydrogens is 294 g/mol. The molecule has 0 unspecified atom stereocenters. The fourth-order valence-electron chi connectivity index (χ4n) is 2.49. The maximum Gasteiger partial charge on any atom is 0.274 e. The number of likely N-dealkylation sites (tertiary alicyclic amines) is 1. The molecule has 0 bridgehead atoms. The van der Waals surface area contributed by atoms with Crippen molar-refractivity contribution in [2.75, 3.05) is 18.4 Å².